The minimum absolute atomic E-state index is 0.129. The molecule has 26 heavy (non-hydrogen) atoms. The van der Waals surface area contributed by atoms with Crippen LogP contribution in [0.2, 0.25) is 0 Å². The maximum atomic E-state index is 12.7. The topological polar surface area (TPSA) is 65.2 Å². The molecule has 1 saturated heterocycles. The molecule has 0 bridgehead atoms. The number of amides is 1. The molecule has 1 fully saturated rings. The van der Waals surface area contributed by atoms with E-state index in [1.54, 1.807) is 0 Å². The molecule has 0 radical (unpaired) electrons. The molecule has 7 nitrogen and oxygen atoms in total. The summed E-state index contributed by atoms with van der Waals surface area (Å²) in [7, 11) is 1.96. The quantitative estimate of drug-likeness (QED) is 0.720. The number of hydrogen-bond donors (Lipinski definition) is 0. The maximum absolute atomic E-state index is 12.7. The number of fused-ring (bicyclic) bond motifs is 1. The van der Waals surface area contributed by atoms with E-state index in [9.17, 15) is 4.79 Å². The van der Waals surface area contributed by atoms with Gasteiger partial charge >= 0.3 is 0 Å². The van der Waals surface area contributed by atoms with E-state index in [0.29, 0.717) is 32.7 Å². The van der Waals surface area contributed by atoms with Gasteiger partial charge in [0.15, 0.2) is 0 Å². The van der Waals surface area contributed by atoms with Crippen molar-refractivity contribution in [3.05, 3.63) is 48.2 Å². The van der Waals surface area contributed by atoms with Gasteiger partial charge in [0, 0.05) is 31.6 Å². The van der Waals surface area contributed by atoms with Gasteiger partial charge in [-0.3, -0.25) is 9.48 Å². The summed E-state index contributed by atoms with van der Waals surface area (Å²) < 4.78 is 9.72. The lowest BCUT2D eigenvalue weighted by atomic mass is 10.2. The molecule has 1 aromatic carbocycles. The van der Waals surface area contributed by atoms with Crippen LogP contribution in [0.15, 0.2) is 36.7 Å². The Balaban J connectivity index is 1.40. The van der Waals surface area contributed by atoms with E-state index in [0.717, 1.165) is 22.4 Å². The van der Waals surface area contributed by atoms with Crippen molar-refractivity contribution >= 4 is 16.8 Å². The number of imidazole rings is 1. The van der Waals surface area contributed by atoms with Crippen molar-refractivity contribution < 1.29 is 9.53 Å². The molecule has 0 spiro atoms. The summed E-state index contributed by atoms with van der Waals surface area (Å²) >= 11 is 0. The lowest BCUT2D eigenvalue weighted by Crippen LogP contribution is -2.43. The zero-order valence-electron chi connectivity index (χ0n) is 15.1. The lowest BCUT2D eigenvalue weighted by molar-refractivity contribution is -0.139. The maximum Gasteiger partial charge on any atom is 0.224 e. The number of carbonyl (C=O) groups is 1. The zero-order chi connectivity index (χ0) is 18.1. The highest BCUT2D eigenvalue weighted by atomic mass is 16.5. The number of benzene rings is 1. The molecule has 0 saturated carbocycles. The van der Waals surface area contributed by atoms with E-state index in [4.69, 9.17) is 4.74 Å². The van der Waals surface area contributed by atoms with Crippen molar-refractivity contribution in [3.8, 4) is 0 Å². The van der Waals surface area contributed by atoms with Crippen LogP contribution in [-0.2, 0) is 23.1 Å². The number of morpholine rings is 1. The van der Waals surface area contributed by atoms with E-state index in [-0.39, 0.29) is 12.0 Å². The molecular formula is C19H23N5O2. The van der Waals surface area contributed by atoms with Crippen LogP contribution < -0.4 is 0 Å². The van der Waals surface area contributed by atoms with E-state index >= 15 is 0 Å². The number of aromatic nitrogens is 4. The summed E-state index contributed by atoms with van der Waals surface area (Å²) in [5.74, 6) is 1.00. The highest BCUT2D eigenvalue weighted by molar-refractivity contribution is 5.79. The van der Waals surface area contributed by atoms with Gasteiger partial charge in [0.05, 0.1) is 37.1 Å². The van der Waals surface area contributed by atoms with Gasteiger partial charge in [-0.05, 0) is 13.0 Å². The first-order valence-electron chi connectivity index (χ1n) is 8.91. The Morgan fingerprint density at radius 1 is 1.35 bits per heavy atom. The third-order valence-electron chi connectivity index (χ3n) is 4.83. The Kier molecular flexibility index (Phi) is 4.46. The van der Waals surface area contributed by atoms with E-state index in [1.807, 2.05) is 64.8 Å². The highest BCUT2D eigenvalue weighted by Gasteiger charge is 2.28. The highest BCUT2D eigenvalue weighted by Crippen LogP contribution is 2.22. The SMILES string of the molecule is Cc1cn(C)c([C@H]2CN(C(=O)CCn3ncc4ccccc43)CCO2)n1. The second kappa shape index (κ2) is 6.92. The first kappa shape index (κ1) is 16.8. The molecule has 2 aromatic heterocycles. The van der Waals surface area contributed by atoms with Crippen molar-refractivity contribution in [1.82, 2.24) is 24.2 Å². The van der Waals surface area contributed by atoms with Crippen LogP contribution in [0.3, 0.4) is 0 Å². The van der Waals surface area contributed by atoms with Gasteiger partial charge in [-0.15, -0.1) is 0 Å². The predicted octanol–water partition coefficient (Wildman–Crippen LogP) is 2.07. The molecule has 1 aliphatic heterocycles. The number of para-hydroxylation sites is 1. The first-order valence-corrected chi connectivity index (χ1v) is 8.91. The van der Waals surface area contributed by atoms with E-state index < -0.39 is 0 Å². The van der Waals surface area contributed by atoms with Gasteiger partial charge in [-0.2, -0.15) is 5.10 Å². The minimum atomic E-state index is -0.170. The van der Waals surface area contributed by atoms with Gasteiger partial charge in [-0.25, -0.2) is 4.98 Å². The zero-order valence-corrected chi connectivity index (χ0v) is 15.1. The summed E-state index contributed by atoms with van der Waals surface area (Å²) in [6.07, 6.45) is 4.07. The number of rotatable bonds is 4. The Morgan fingerprint density at radius 2 is 2.19 bits per heavy atom. The second-order valence-corrected chi connectivity index (χ2v) is 6.73. The van der Waals surface area contributed by atoms with Gasteiger partial charge in [0.25, 0.3) is 0 Å². The average molecular weight is 353 g/mol. The number of ether oxygens (including phenoxy) is 1. The van der Waals surface area contributed by atoms with Crippen LogP contribution in [0.1, 0.15) is 24.0 Å². The Bertz CT molecular complexity index is 929. The summed E-state index contributed by atoms with van der Waals surface area (Å²) in [4.78, 5) is 19.1. The predicted molar refractivity (Wildman–Crippen MR) is 97.6 cm³/mol. The minimum Gasteiger partial charge on any atom is -0.367 e. The molecule has 1 amide bonds. The van der Waals surface area contributed by atoms with Crippen LogP contribution in [0.4, 0.5) is 0 Å². The van der Waals surface area contributed by atoms with Crippen LogP contribution >= 0.6 is 0 Å². The summed E-state index contributed by atoms with van der Waals surface area (Å²) in [5.41, 5.74) is 2.02. The fourth-order valence-electron chi connectivity index (χ4n) is 3.53. The average Bonchev–Trinajstić information content (AvgIpc) is 3.22. The number of carbonyl (C=O) groups excluding carboxylic acids is 1. The standard InChI is InChI=1S/C19H23N5O2/c1-14-12-22(2)19(21-14)17-13-23(9-10-26-17)18(25)7-8-24-16-6-4-3-5-15(16)11-20-24/h3-6,11-12,17H,7-10,13H2,1-2H3/t17-/m1/s1. The van der Waals surface area contributed by atoms with Crippen LogP contribution in [-0.4, -0.2) is 49.8 Å². The lowest BCUT2D eigenvalue weighted by Gasteiger charge is -2.32. The molecule has 4 rings (SSSR count). The third kappa shape index (κ3) is 3.22. The summed E-state index contributed by atoms with van der Waals surface area (Å²) in [6.45, 7) is 4.24. The van der Waals surface area contributed by atoms with Crippen LogP contribution in [0, 0.1) is 6.92 Å². The fourth-order valence-corrected chi connectivity index (χ4v) is 3.53. The smallest absolute Gasteiger partial charge is 0.224 e. The normalized spacial score (nSPS) is 17.8. The van der Waals surface area contributed by atoms with E-state index in [2.05, 4.69) is 10.1 Å². The first-order chi connectivity index (χ1) is 12.6. The molecule has 1 atom stereocenters. The second-order valence-electron chi connectivity index (χ2n) is 6.73. The van der Waals surface area contributed by atoms with Crippen molar-refractivity contribution in [2.75, 3.05) is 19.7 Å². The van der Waals surface area contributed by atoms with Crippen molar-refractivity contribution in [2.24, 2.45) is 7.05 Å². The van der Waals surface area contributed by atoms with Crippen LogP contribution in [0.25, 0.3) is 10.9 Å². The summed E-state index contributed by atoms with van der Waals surface area (Å²) in [5, 5.41) is 5.49. The molecule has 136 valence electrons. The van der Waals surface area contributed by atoms with Crippen molar-refractivity contribution in [1.29, 1.82) is 0 Å². The number of nitrogens with zero attached hydrogens (tertiary/aromatic N) is 5. The largest absolute Gasteiger partial charge is 0.367 e. The fraction of sp³-hybridized carbons (Fsp3) is 0.421. The third-order valence-corrected chi connectivity index (χ3v) is 4.83. The Morgan fingerprint density at radius 3 is 3.00 bits per heavy atom. The monoisotopic (exact) mass is 353 g/mol. The summed E-state index contributed by atoms with van der Waals surface area (Å²) in [6, 6.07) is 8.04. The Hall–Kier alpha value is -2.67. The van der Waals surface area contributed by atoms with Crippen molar-refractivity contribution in [3.63, 3.8) is 0 Å². The number of aryl methyl sites for hydroxylation is 3. The van der Waals surface area contributed by atoms with Gasteiger partial charge in [0.2, 0.25) is 5.91 Å². The molecule has 7 heteroatoms. The van der Waals surface area contributed by atoms with Gasteiger partial charge in [-0.1, -0.05) is 18.2 Å². The molecule has 3 heterocycles. The van der Waals surface area contributed by atoms with Gasteiger partial charge in [0.1, 0.15) is 11.9 Å². The molecule has 0 aliphatic carbocycles. The van der Waals surface area contributed by atoms with E-state index in [1.165, 1.54) is 0 Å². The number of hydrogen-bond acceptors (Lipinski definition) is 4. The molecular weight excluding hydrogens is 330 g/mol. The van der Waals surface area contributed by atoms with Gasteiger partial charge < -0.3 is 14.2 Å². The molecule has 0 unspecified atom stereocenters. The molecule has 3 aromatic rings. The van der Waals surface area contributed by atoms with Crippen LogP contribution in [0.5, 0.6) is 0 Å². The van der Waals surface area contributed by atoms with Crippen molar-refractivity contribution in [2.45, 2.75) is 26.0 Å². The molecule has 0 N–H and O–H groups in total. The Labute approximate surface area is 152 Å². The molecule has 1 aliphatic rings.